The quantitative estimate of drug-likeness (QED) is 0.750. The fourth-order valence-corrected chi connectivity index (χ4v) is 3.00. The maximum absolute atomic E-state index is 11.9. The van der Waals surface area contributed by atoms with Crippen molar-refractivity contribution in [2.24, 2.45) is 0 Å². The highest BCUT2D eigenvalue weighted by atomic mass is 16.5. The summed E-state index contributed by atoms with van der Waals surface area (Å²) in [6.07, 6.45) is 10.5. The summed E-state index contributed by atoms with van der Waals surface area (Å²) in [6, 6.07) is 0.411. The molecule has 1 saturated heterocycles. The average Bonchev–Trinajstić information content (AvgIpc) is 2.68. The molecule has 1 saturated carbocycles. The van der Waals surface area contributed by atoms with E-state index in [-0.39, 0.29) is 5.91 Å². The third-order valence-electron chi connectivity index (χ3n) is 4.19. The van der Waals surface area contributed by atoms with Gasteiger partial charge >= 0.3 is 0 Å². The number of amides is 1. The number of rotatable bonds is 5. The second-order valence-corrected chi connectivity index (χ2v) is 5.83. The molecule has 1 aliphatic carbocycles. The van der Waals surface area contributed by atoms with Crippen LogP contribution >= 0.6 is 0 Å². The molecule has 0 aromatic heterocycles. The first-order valence-corrected chi connectivity index (χ1v) is 7.96. The molecule has 0 unspecified atom stereocenters. The highest BCUT2D eigenvalue weighted by Crippen LogP contribution is 2.17. The van der Waals surface area contributed by atoms with Crippen LogP contribution < -0.4 is 10.6 Å². The number of hydrogen-bond donors (Lipinski definition) is 2. The lowest BCUT2D eigenvalue weighted by molar-refractivity contribution is -0.123. The van der Waals surface area contributed by atoms with E-state index in [4.69, 9.17) is 4.74 Å². The SMILES string of the molecule is O=C(CCOC1CCNCC1)NC1CCCCCC1. The van der Waals surface area contributed by atoms with Crippen molar-refractivity contribution in [1.29, 1.82) is 0 Å². The van der Waals surface area contributed by atoms with Crippen molar-refractivity contribution in [3.05, 3.63) is 0 Å². The van der Waals surface area contributed by atoms with Crippen molar-refractivity contribution in [3.8, 4) is 0 Å². The molecule has 0 spiro atoms. The van der Waals surface area contributed by atoms with Crippen molar-refractivity contribution in [2.75, 3.05) is 19.7 Å². The number of piperidine rings is 1. The first-order valence-electron chi connectivity index (χ1n) is 7.96. The van der Waals surface area contributed by atoms with Crippen molar-refractivity contribution < 1.29 is 9.53 Å². The summed E-state index contributed by atoms with van der Waals surface area (Å²) in [5.41, 5.74) is 0. The molecule has 4 nitrogen and oxygen atoms in total. The molecule has 2 rings (SSSR count). The zero-order valence-electron chi connectivity index (χ0n) is 12.0. The van der Waals surface area contributed by atoms with E-state index in [2.05, 4.69) is 10.6 Å². The Hall–Kier alpha value is -0.610. The Bertz CT molecular complexity index is 257. The Balaban J connectivity index is 1.55. The summed E-state index contributed by atoms with van der Waals surface area (Å²) in [4.78, 5) is 11.9. The molecular weight excluding hydrogens is 240 g/mol. The highest BCUT2D eigenvalue weighted by Gasteiger charge is 2.16. The maximum atomic E-state index is 11.9. The minimum atomic E-state index is 0.167. The van der Waals surface area contributed by atoms with E-state index in [1.807, 2.05) is 0 Å². The monoisotopic (exact) mass is 268 g/mol. The van der Waals surface area contributed by atoms with Crippen LogP contribution in [-0.2, 0) is 9.53 Å². The van der Waals surface area contributed by atoms with Gasteiger partial charge in [-0.05, 0) is 38.8 Å². The summed E-state index contributed by atoms with van der Waals surface area (Å²) < 4.78 is 5.77. The van der Waals surface area contributed by atoms with E-state index >= 15 is 0 Å². The lowest BCUT2D eigenvalue weighted by atomic mass is 10.1. The van der Waals surface area contributed by atoms with Crippen molar-refractivity contribution >= 4 is 5.91 Å². The maximum Gasteiger partial charge on any atom is 0.222 e. The van der Waals surface area contributed by atoms with Gasteiger partial charge in [-0.2, -0.15) is 0 Å². The van der Waals surface area contributed by atoms with Gasteiger partial charge < -0.3 is 15.4 Å². The second-order valence-electron chi connectivity index (χ2n) is 5.83. The molecule has 1 aliphatic heterocycles. The van der Waals surface area contributed by atoms with E-state index in [1.54, 1.807) is 0 Å². The number of ether oxygens (including phenoxy) is 1. The fraction of sp³-hybridized carbons (Fsp3) is 0.933. The molecule has 0 atom stereocenters. The van der Waals surface area contributed by atoms with E-state index < -0.39 is 0 Å². The minimum Gasteiger partial charge on any atom is -0.378 e. The fourth-order valence-electron chi connectivity index (χ4n) is 3.00. The van der Waals surface area contributed by atoms with Crippen LogP contribution in [0.2, 0.25) is 0 Å². The van der Waals surface area contributed by atoms with Crippen LogP contribution in [0.4, 0.5) is 0 Å². The molecule has 0 aromatic carbocycles. The van der Waals surface area contributed by atoms with E-state index in [0.717, 1.165) is 38.8 Å². The Labute approximate surface area is 116 Å². The zero-order chi connectivity index (χ0) is 13.3. The average molecular weight is 268 g/mol. The predicted molar refractivity (Wildman–Crippen MR) is 76.1 cm³/mol. The molecule has 1 amide bonds. The molecule has 2 N–H and O–H groups in total. The Morgan fingerprint density at radius 2 is 1.74 bits per heavy atom. The standard InChI is InChI=1S/C15H28N2O2/c18-15(17-13-5-3-1-2-4-6-13)9-12-19-14-7-10-16-11-8-14/h13-14,16H,1-12H2,(H,17,18). The molecular formula is C15H28N2O2. The van der Waals surface area contributed by atoms with Gasteiger partial charge in [0.15, 0.2) is 0 Å². The summed E-state index contributed by atoms with van der Waals surface area (Å²) in [6.45, 7) is 2.65. The number of hydrogen-bond acceptors (Lipinski definition) is 3. The molecule has 0 aromatic rings. The van der Waals surface area contributed by atoms with Crippen LogP contribution in [0.1, 0.15) is 57.8 Å². The Kier molecular flexibility index (Phi) is 6.65. The van der Waals surface area contributed by atoms with Crippen LogP contribution in [0, 0.1) is 0 Å². The lowest BCUT2D eigenvalue weighted by Gasteiger charge is -2.23. The molecule has 1 heterocycles. The van der Waals surface area contributed by atoms with E-state index in [1.165, 1.54) is 25.7 Å². The molecule has 2 fully saturated rings. The molecule has 19 heavy (non-hydrogen) atoms. The highest BCUT2D eigenvalue weighted by molar-refractivity contribution is 5.76. The second kappa shape index (κ2) is 8.54. The molecule has 110 valence electrons. The van der Waals surface area contributed by atoms with Gasteiger partial charge in [0.2, 0.25) is 5.91 Å². The number of carbonyl (C=O) groups excluding carboxylic acids is 1. The van der Waals surface area contributed by atoms with E-state index in [9.17, 15) is 4.79 Å². The van der Waals surface area contributed by atoms with Gasteiger partial charge in [-0.25, -0.2) is 0 Å². The molecule has 0 radical (unpaired) electrons. The van der Waals surface area contributed by atoms with E-state index in [0.29, 0.717) is 25.2 Å². The van der Waals surface area contributed by atoms with Gasteiger partial charge in [-0.3, -0.25) is 4.79 Å². The first-order chi connectivity index (χ1) is 9.34. The van der Waals surface area contributed by atoms with Gasteiger partial charge in [0, 0.05) is 12.5 Å². The molecule has 4 heteroatoms. The van der Waals surface area contributed by atoms with Crippen LogP contribution in [0.25, 0.3) is 0 Å². The van der Waals surface area contributed by atoms with Gasteiger partial charge in [0.1, 0.15) is 0 Å². The van der Waals surface area contributed by atoms with Gasteiger partial charge in [0.25, 0.3) is 0 Å². The first kappa shape index (κ1) is 14.8. The summed E-state index contributed by atoms with van der Waals surface area (Å²) in [5.74, 6) is 0.167. The third kappa shape index (κ3) is 5.91. The van der Waals surface area contributed by atoms with Gasteiger partial charge in [-0.15, -0.1) is 0 Å². The van der Waals surface area contributed by atoms with Crippen LogP contribution in [0.3, 0.4) is 0 Å². The number of nitrogens with one attached hydrogen (secondary N) is 2. The van der Waals surface area contributed by atoms with Crippen LogP contribution in [0.15, 0.2) is 0 Å². The molecule has 0 bridgehead atoms. The summed E-state index contributed by atoms with van der Waals surface area (Å²) in [7, 11) is 0. The van der Waals surface area contributed by atoms with Crippen molar-refractivity contribution in [3.63, 3.8) is 0 Å². The largest absolute Gasteiger partial charge is 0.378 e. The minimum absolute atomic E-state index is 0.167. The Morgan fingerprint density at radius 3 is 2.42 bits per heavy atom. The normalized spacial score (nSPS) is 22.9. The van der Waals surface area contributed by atoms with Crippen LogP contribution in [0.5, 0.6) is 0 Å². The molecule has 2 aliphatic rings. The smallest absolute Gasteiger partial charge is 0.222 e. The Morgan fingerprint density at radius 1 is 1.05 bits per heavy atom. The third-order valence-corrected chi connectivity index (χ3v) is 4.19. The summed E-state index contributed by atoms with van der Waals surface area (Å²) in [5, 5.41) is 6.48. The van der Waals surface area contributed by atoms with Crippen LogP contribution in [-0.4, -0.2) is 37.7 Å². The topological polar surface area (TPSA) is 50.4 Å². The predicted octanol–water partition coefficient (Wildman–Crippen LogP) is 1.98. The lowest BCUT2D eigenvalue weighted by Crippen LogP contribution is -2.36. The zero-order valence-corrected chi connectivity index (χ0v) is 12.0. The van der Waals surface area contributed by atoms with Gasteiger partial charge in [0.05, 0.1) is 12.7 Å². The van der Waals surface area contributed by atoms with Crippen molar-refractivity contribution in [2.45, 2.75) is 69.9 Å². The summed E-state index contributed by atoms with van der Waals surface area (Å²) >= 11 is 0. The van der Waals surface area contributed by atoms with Gasteiger partial charge in [-0.1, -0.05) is 25.7 Å². The number of carbonyl (C=O) groups is 1. The van der Waals surface area contributed by atoms with Crippen molar-refractivity contribution in [1.82, 2.24) is 10.6 Å².